The summed E-state index contributed by atoms with van der Waals surface area (Å²) in [4.78, 5) is 12.3. The van der Waals surface area contributed by atoms with Crippen LogP contribution in [0.3, 0.4) is 0 Å². The van der Waals surface area contributed by atoms with Gasteiger partial charge < -0.3 is 9.63 Å². The van der Waals surface area contributed by atoms with Crippen LogP contribution in [0.25, 0.3) is 0 Å². The number of benzene rings is 1. The van der Waals surface area contributed by atoms with E-state index in [1.807, 2.05) is 0 Å². The Hall–Kier alpha value is -1.95. The van der Waals surface area contributed by atoms with Crippen LogP contribution in [0.1, 0.15) is 5.69 Å². The van der Waals surface area contributed by atoms with Crippen LogP contribution >= 0.6 is 11.8 Å². The summed E-state index contributed by atoms with van der Waals surface area (Å²) in [6.45, 7) is 1.77. The Bertz CT molecular complexity index is 554. The number of para-hydroxylation sites is 1. The van der Waals surface area contributed by atoms with Gasteiger partial charge in [0, 0.05) is 11.0 Å². The number of nitrogens with one attached hydrogen (secondary N) is 1. The van der Waals surface area contributed by atoms with E-state index in [0.29, 0.717) is 16.5 Å². The summed E-state index contributed by atoms with van der Waals surface area (Å²) < 4.78 is 4.87. The van der Waals surface area contributed by atoms with Gasteiger partial charge >= 0.3 is 0 Å². The van der Waals surface area contributed by atoms with Crippen molar-refractivity contribution in [3.8, 4) is 5.75 Å². The number of aryl methyl sites for hydroxylation is 1. The lowest BCUT2D eigenvalue weighted by molar-refractivity contribution is -0.113. The highest BCUT2D eigenvalue weighted by atomic mass is 32.2. The third-order valence-corrected chi connectivity index (χ3v) is 3.18. The second-order valence-electron chi connectivity index (χ2n) is 3.64. The largest absolute Gasteiger partial charge is 0.507 e. The summed E-state index contributed by atoms with van der Waals surface area (Å²) >= 11 is 1.26. The van der Waals surface area contributed by atoms with Crippen molar-refractivity contribution < 1.29 is 14.4 Å². The number of anilines is 1. The summed E-state index contributed by atoms with van der Waals surface area (Å²) in [7, 11) is 0. The SMILES string of the molecule is Cc1cc(NC(=O)CSc2ccccc2O)on1. The van der Waals surface area contributed by atoms with Crippen LogP contribution in [-0.2, 0) is 4.79 Å². The van der Waals surface area contributed by atoms with E-state index in [1.165, 1.54) is 11.8 Å². The number of aromatic hydroxyl groups is 1. The van der Waals surface area contributed by atoms with Gasteiger partial charge in [-0.15, -0.1) is 11.8 Å². The molecule has 2 aromatic rings. The van der Waals surface area contributed by atoms with Gasteiger partial charge in [0.15, 0.2) is 0 Å². The zero-order chi connectivity index (χ0) is 13.0. The van der Waals surface area contributed by atoms with E-state index in [1.54, 1.807) is 37.3 Å². The first-order valence-corrected chi connectivity index (χ1v) is 6.27. The van der Waals surface area contributed by atoms with Gasteiger partial charge in [0.05, 0.1) is 11.4 Å². The molecule has 0 radical (unpaired) electrons. The smallest absolute Gasteiger partial charge is 0.237 e. The molecule has 5 nitrogen and oxygen atoms in total. The number of hydrogen-bond acceptors (Lipinski definition) is 5. The number of aromatic nitrogens is 1. The maximum atomic E-state index is 11.6. The molecule has 0 fully saturated rings. The van der Waals surface area contributed by atoms with Crippen molar-refractivity contribution in [1.29, 1.82) is 0 Å². The van der Waals surface area contributed by atoms with Crippen LogP contribution in [0.15, 0.2) is 39.8 Å². The first kappa shape index (κ1) is 12.5. The van der Waals surface area contributed by atoms with Crippen molar-refractivity contribution in [3.63, 3.8) is 0 Å². The van der Waals surface area contributed by atoms with Crippen molar-refractivity contribution in [2.24, 2.45) is 0 Å². The highest BCUT2D eigenvalue weighted by Gasteiger charge is 2.08. The second kappa shape index (κ2) is 5.59. The molecule has 0 saturated carbocycles. The Labute approximate surface area is 108 Å². The molecular weight excluding hydrogens is 252 g/mol. The van der Waals surface area contributed by atoms with Gasteiger partial charge in [-0.2, -0.15) is 0 Å². The lowest BCUT2D eigenvalue weighted by Crippen LogP contribution is -2.13. The molecule has 1 amide bonds. The molecule has 6 heteroatoms. The van der Waals surface area contributed by atoms with E-state index >= 15 is 0 Å². The minimum Gasteiger partial charge on any atom is -0.507 e. The zero-order valence-corrected chi connectivity index (χ0v) is 10.5. The molecule has 18 heavy (non-hydrogen) atoms. The number of rotatable bonds is 4. The predicted octanol–water partition coefficient (Wildman–Crippen LogP) is 2.42. The predicted molar refractivity (Wildman–Crippen MR) is 68.7 cm³/mol. The van der Waals surface area contributed by atoms with Crippen LogP contribution in [0, 0.1) is 6.92 Å². The Kier molecular flexibility index (Phi) is 3.88. The number of thioether (sulfide) groups is 1. The minimum atomic E-state index is -0.209. The standard InChI is InChI=1S/C12H12N2O3S/c1-8-6-12(17-14-8)13-11(16)7-18-10-5-3-2-4-9(10)15/h2-6,15H,7H2,1H3,(H,13,16). The molecule has 0 unspecified atom stereocenters. The molecule has 0 aliphatic rings. The molecular formula is C12H12N2O3S. The molecule has 0 aliphatic heterocycles. The van der Waals surface area contributed by atoms with Crippen LogP contribution in [0.2, 0.25) is 0 Å². The number of carbonyl (C=O) groups excluding carboxylic acids is 1. The summed E-state index contributed by atoms with van der Waals surface area (Å²) in [6.07, 6.45) is 0. The number of phenols is 1. The highest BCUT2D eigenvalue weighted by Crippen LogP contribution is 2.27. The molecule has 1 heterocycles. The maximum absolute atomic E-state index is 11.6. The minimum absolute atomic E-state index is 0.172. The fraction of sp³-hybridized carbons (Fsp3) is 0.167. The Morgan fingerprint density at radius 2 is 2.28 bits per heavy atom. The summed E-state index contributed by atoms with van der Waals surface area (Å²) in [5, 5.41) is 15.8. The molecule has 2 rings (SSSR count). The Balaban J connectivity index is 1.87. The number of amides is 1. The van der Waals surface area contributed by atoms with Gasteiger partial charge in [0.2, 0.25) is 11.8 Å². The van der Waals surface area contributed by atoms with E-state index in [-0.39, 0.29) is 17.4 Å². The van der Waals surface area contributed by atoms with E-state index in [9.17, 15) is 9.90 Å². The number of phenolic OH excluding ortho intramolecular Hbond substituents is 1. The third kappa shape index (κ3) is 3.27. The molecule has 1 aromatic carbocycles. The lowest BCUT2D eigenvalue weighted by Gasteiger charge is -2.03. The summed E-state index contributed by atoms with van der Waals surface area (Å²) in [6, 6.07) is 8.52. The number of nitrogens with zero attached hydrogens (tertiary/aromatic N) is 1. The topological polar surface area (TPSA) is 75.4 Å². The Morgan fingerprint density at radius 3 is 2.94 bits per heavy atom. The van der Waals surface area contributed by atoms with Crippen LogP contribution < -0.4 is 5.32 Å². The second-order valence-corrected chi connectivity index (χ2v) is 4.65. The fourth-order valence-electron chi connectivity index (χ4n) is 1.32. The van der Waals surface area contributed by atoms with Crippen LogP contribution in [0.5, 0.6) is 5.75 Å². The van der Waals surface area contributed by atoms with Gasteiger partial charge in [-0.25, -0.2) is 0 Å². The van der Waals surface area contributed by atoms with E-state index < -0.39 is 0 Å². The average molecular weight is 264 g/mol. The first-order chi connectivity index (χ1) is 8.65. The molecule has 0 atom stereocenters. The molecule has 1 aromatic heterocycles. The number of carbonyl (C=O) groups is 1. The zero-order valence-electron chi connectivity index (χ0n) is 9.71. The Morgan fingerprint density at radius 1 is 1.50 bits per heavy atom. The fourth-order valence-corrected chi connectivity index (χ4v) is 2.07. The van der Waals surface area contributed by atoms with Crippen molar-refractivity contribution >= 4 is 23.6 Å². The van der Waals surface area contributed by atoms with Crippen molar-refractivity contribution in [3.05, 3.63) is 36.0 Å². The third-order valence-electron chi connectivity index (χ3n) is 2.11. The molecule has 0 bridgehead atoms. The quantitative estimate of drug-likeness (QED) is 0.829. The van der Waals surface area contributed by atoms with Gasteiger partial charge in [-0.3, -0.25) is 10.1 Å². The van der Waals surface area contributed by atoms with E-state index in [2.05, 4.69) is 10.5 Å². The van der Waals surface area contributed by atoms with Crippen LogP contribution in [-0.4, -0.2) is 21.9 Å². The maximum Gasteiger partial charge on any atom is 0.237 e. The number of hydrogen-bond donors (Lipinski definition) is 2. The van der Waals surface area contributed by atoms with Crippen molar-refractivity contribution in [2.45, 2.75) is 11.8 Å². The van der Waals surface area contributed by atoms with Crippen LogP contribution in [0.4, 0.5) is 5.88 Å². The van der Waals surface area contributed by atoms with Gasteiger partial charge in [-0.05, 0) is 19.1 Å². The lowest BCUT2D eigenvalue weighted by atomic mass is 10.3. The van der Waals surface area contributed by atoms with E-state index in [4.69, 9.17) is 4.52 Å². The average Bonchev–Trinajstić information content (AvgIpc) is 2.74. The molecule has 0 aliphatic carbocycles. The van der Waals surface area contributed by atoms with Gasteiger partial charge in [-0.1, -0.05) is 17.3 Å². The summed E-state index contributed by atoms with van der Waals surface area (Å²) in [5.41, 5.74) is 0.707. The highest BCUT2D eigenvalue weighted by molar-refractivity contribution is 8.00. The van der Waals surface area contributed by atoms with Gasteiger partial charge in [0.1, 0.15) is 5.75 Å². The van der Waals surface area contributed by atoms with Gasteiger partial charge in [0.25, 0.3) is 0 Å². The van der Waals surface area contributed by atoms with Crippen molar-refractivity contribution in [1.82, 2.24) is 5.16 Å². The van der Waals surface area contributed by atoms with Crippen molar-refractivity contribution in [2.75, 3.05) is 11.1 Å². The monoisotopic (exact) mass is 264 g/mol. The molecule has 94 valence electrons. The van der Waals surface area contributed by atoms with E-state index in [0.717, 1.165) is 0 Å². The first-order valence-electron chi connectivity index (χ1n) is 5.29. The summed E-state index contributed by atoms with van der Waals surface area (Å²) in [5.74, 6) is 0.484. The molecule has 0 saturated heterocycles. The normalized spacial score (nSPS) is 10.3. The molecule has 2 N–H and O–H groups in total. The molecule has 0 spiro atoms.